The van der Waals surface area contributed by atoms with Crippen LogP contribution in [-0.4, -0.2) is 37.1 Å². The zero-order valence-corrected chi connectivity index (χ0v) is 20.7. The first-order valence-electron chi connectivity index (χ1n) is 9.32. The van der Waals surface area contributed by atoms with Crippen molar-refractivity contribution in [3.8, 4) is 5.75 Å². The average molecular weight is 531 g/mol. The highest BCUT2D eigenvalue weighted by Crippen LogP contribution is 2.25. The lowest BCUT2D eigenvalue weighted by Gasteiger charge is -2.12. The summed E-state index contributed by atoms with van der Waals surface area (Å²) < 4.78 is 5.29. The Morgan fingerprint density at radius 2 is 2.03 bits per heavy atom. The lowest BCUT2D eigenvalue weighted by Crippen LogP contribution is -2.38. The van der Waals surface area contributed by atoms with Crippen LogP contribution >= 0.6 is 35.3 Å². The number of benzene rings is 1. The predicted octanol–water partition coefficient (Wildman–Crippen LogP) is 3.64. The van der Waals surface area contributed by atoms with Gasteiger partial charge in [0.1, 0.15) is 5.75 Å². The molecule has 2 aromatic rings. The highest BCUT2D eigenvalue weighted by molar-refractivity contribution is 14.0. The van der Waals surface area contributed by atoms with Crippen molar-refractivity contribution in [1.29, 1.82) is 0 Å². The second-order valence-electron chi connectivity index (χ2n) is 6.34. The van der Waals surface area contributed by atoms with Gasteiger partial charge in [0.25, 0.3) is 0 Å². The van der Waals surface area contributed by atoms with E-state index < -0.39 is 0 Å². The third-order valence-electron chi connectivity index (χ3n) is 4.04. The van der Waals surface area contributed by atoms with Crippen LogP contribution in [0.4, 0.5) is 5.69 Å². The van der Waals surface area contributed by atoms with Crippen LogP contribution in [0.25, 0.3) is 0 Å². The summed E-state index contributed by atoms with van der Waals surface area (Å²) in [6.07, 6.45) is 0.860. The van der Waals surface area contributed by atoms with E-state index in [4.69, 9.17) is 4.74 Å². The number of carbonyl (C=O) groups excluding carboxylic acids is 1. The zero-order valence-electron chi connectivity index (χ0n) is 17.6. The number of ether oxygens (including phenoxy) is 1. The fourth-order valence-electron chi connectivity index (χ4n) is 2.59. The molecule has 0 saturated heterocycles. The molecule has 0 fully saturated rings. The molecule has 1 heterocycles. The summed E-state index contributed by atoms with van der Waals surface area (Å²) in [5, 5.41) is 10.5. The molecule has 0 atom stereocenters. The number of nitrogens with zero attached hydrogens (tertiary/aromatic N) is 2. The van der Waals surface area contributed by atoms with Crippen LogP contribution in [-0.2, 0) is 17.8 Å². The SMILES string of the molecule is CCNC(=NCc1ccc(OC)c(NC(C)=O)c1)NCCc1nc(C)c(C)s1.I. The standard InChI is InChI=1S/C20H29N5O2S.HI/c1-6-21-20(22-10-9-19-24-13(2)14(3)28-19)23-12-16-7-8-18(27-5)17(11-16)25-15(4)26;/h7-8,11H,6,9-10,12H2,1-5H3,(H,25,26)(H2,21,22,23);1H. The number of rotatable bonds is 8. The molecule has 1 aromatic heterocycles. The van der Waals surface area contributed by atoms with E-state index in [1.807, 2.05) is 32.0 Å². The zero-order chi connectivity index (χ0) is 20.5. The largest absolute Gasteiger partial charge is 0.495 e. The Balaban J connectivity index is 0.00000420. The normalized spacial score (nSPS) is 10.9. The maximum atomic E-state index is 11.4. The molecule has 1 amide bonds. The number of thiazole rings is 1. The Bertz CT molecular complexity index is 819. The van der Waals surface area contributed by atoms with Gasteiger partial charge in [0.05, 0.1) is 30.0 Å². The molecule has 160 valence electrons. The smallest absolute Gasteiger partial charge is 0.221 e. The average Bonchev–Trinajstić information content (AvgIpc) is 2.97. The van der Waals surface area contributed by atoms with Gasteiger partial charge in [-0.15, -0.1) is 35.3 Å². The van der Waals surface area contributed by atoms with Gasteiger partial charge in [0.15, 0.2) is 5.96 Å². The van der Waals surface area contributed by atoms with Gasteiger partial charge in [0.2, 0.25) is 5.91 Å². The summed E-state index contributed by atoms with van der Waals surface area (Å²) in [6.45, 7) is 9.67. The minimum atomic E-state index is -0.137. The molecule has 3 N–H and O–H groups in total. The summed E-state index contributed by atoms with van der Waals surface area (Å²) in [6, 6.07) is 5.66. The van der Waals surface area contributed by atoms with Crippen molar-refractivity contribution in [1.82, 2.24) is 15.6 Å². The number of guanidine groups is 1. The Kier molecular flexibility index (Phi) is 11.0. The number of aromatic nitrogens is 1. The van der Waals surface area contributed by atoms with Gasteiger partial charge in [-0.3, -0.25) is 4.79 Å². The molecule has 0 unspecified atom stereocenters. The van der Waals surface area contributed by atoms with Crippen molar-refractivity contribution >= 4 is 52.9 Å². The van der Waals surface area contributed by atoms with Crippen LogP contribution in [0.5, 0.6) is 5.75 Å². The first-order chi connectivity index (χ1) is 13.4. The number of amides is 1. The van der Waals surface area contributed by atoms with Crippen LogP contribution in [0.1, 0.15) is 35.0 Å². The van der Waals surface area contributed by atoms with Crippen molar-refractivity contribution < 1.29 is 9.53 Å². The third-order valence-corrected chi connectivity index (χ3v) is 5.18. The molecule has 0 aliphatic rings. The monoisotopic (exact) mass is 531 g/mol. The maximum absolute atomic E-state index is 11.4. The molecule has 9 heteroatoms. The van der Waals surface area contributed by atoms with Gasteiger partial charge in [-0.2, -0.15) is 0 Å². The predicted molar refractivity (Wildman–Crippen MR) is 131 cm³/mol. The first kappa shape index (κ1) is 25.2. The van der Waals surface area contributed by atoms with Crippen molar-refractivity contribution in [2.24, 2.45) is 4.99 Å². The first-order valence-corrected chi connectivity index (χ1v) is 10.1. The Hall–Kier alpha value is -1.88. The molecule has 0 aliphatic carbocycles. The van der Waals surface area contributed by atoms with Crippen molar-refractivity contribution in [2.75, 3.05) is 25.5 Å². The minimum Gasteiger partial charge on any atom is -0.495 e. The minimum absolute atomic E-state index is 0. The molecule has 7 nitrogen and oxygen atoms in total. The number of nitrogens with one attached hydrogen (secondary N) is 3. The highest BCUT2D eigenvalue weighted by Gasteiger charge is 2.07. The van der Waals surface area contributed by atoms with Gasteiger partial charge >= 0.3 is 0 Å². The Labute approximate surface area is 193 Å². The van der Waals surface area contributed by atoms with Gasteiger partial charge < -0.3 is 20.7 Å². The van der Waals surface area contributed by atoms with E-state index in [-0.39, 0.29) is 29.9 Å². The number of methoxy groups -OCH3 is 1. The number of carbonyl (C=O) groups is 1. The summed E-state index contributed by atoms with van der Waals surface area (Å²) in [4.78, 5) is 21.9. The van der Waals surface area contributed by atoms with E-state index in [0.29, 0.717) is 18.0 Å². The fourth-order valence-corrected chi connectivity index (χ4v) is 3.52. The number of halogens is 1. The lowest BCUT2D eigenvalue weighted by molar-refractivity contribution is -0.114. The number of aryl methyl sites for hydroxylation is 2. The number of hydrogen-bond acceptors (Lipinski definition) is 5. The van der Waals surface area contributed by atoms with E-state index in [9.17, 15) is 4.79 Å². The van der Waals surface area contributed by atoms with Crippen molar-refractivity contribution in [2.45, 2.75) is 40.7 Å². The molecular formula is C20H30IN5O2S. The number of aliphatic imine (C=N–C) groups is 1. The lowest BCUT2D eigenvalue weighted by atomic mass is 10.2. The van der Waals surface area contributed by atoms with Gasteiger partial charge in [-0.25, -0.2) is 9.98 Å². The molecule has 29 heavy (non-hydrogen) atoms. The number of hydrogen-bond donors (Lipinski definition) is 3. The van der Waals surface area contributed by atoms with Gasteiger partial charge in [-0.05, 0) is 38.5 Å². The molecule has 0 bridgehead atoms. The third kappa shape index (κ3) is 8.17. The van der Waals surface area contributed by atoms with Crippen molar-refractivity contribution in [3.63, 3.8) is 0 Å². The quantitative estimate of drug-likeness (QED) is 0.275. The molecule has 1 aromatic carbocycles. The van der Waals surface area contributed by atoms with Crippen molar-refractivity contribution in [3.05, 3.63) is 39.3 Å². The summed E-state index contributed by atoms with van der Waals surface area (Å²) in [5.74, 6) is 1.24. The van der Waals surface area contributed by atoms with Gasteiger partial charge in [0, 0.05) is 31.3 Å². The van der Waals surface area contributed by atoms with Crippen LogP contribution in [0, 0.1) is 13.8 Å². The molecule has 0 radical (unpaired) electrons. The summed E-state index contributed by atoms with van der Waals surface area (Å²) in [5.41, 5.74) is 2.73. The van der Waals surface area contributed by atoms with E-state index in [1.54, 1.807) is 18.4 Å². The van der Waals surface area contributed by atoms with Crippen LogP contribution < -0.4 is 20.7 Å². The topological polar surface area (TPSA) is 87.6 Å². The summed E-state index contributed by atoms with van der Waals surface area (Å²) >= 11 is 1.74. The Morgan fingerprint density at radius 1 is 1.28 bits per heavy atom. The fraction of sp³-hybridized carbons (Fsp3) is 0.450. The van der Waals surface area contributed by atoms with E-state index in [2.05, 4.69) is 32.9 Å². The maximum Gasteiger partial charge on any atom is 0.221 e. The summed E-state index contributed by atoms with van der Waals surface area (Å²) in [7, 11) is 1.58. The molecule has 0 aliphatic heterocycles. The molecule has 0 saturated carbocycles. The van der Waals surface area contributed by atoms with E-state index >= 15 is 0 Å². The van der Waals surface area contributed by atoms with Gasteiger partial charge in [-0.1, -0.05) is 6.07 Å². The number of anilines is 1. The van der Waals surface area contributed by atoms with E-state index in [1.165, 1.54) is 11.8 Å². The second kappa shape index (κ2) is 12.6. The van der Waals surface area contributed by atoms with Crippen LogP contribution in [0.15, 0.2) is 23.2 Å². The van der Waals surface area contributed by atoms with Crippen LogP contribution in [0.3, 0.4) is 0 Å². The second-order valence-corrected chi connectivity index (χ2v) is 7.62. The van der Waals surface area contributed by atoms with E-state index in [0.717, 1.165) is 41.7 Å². The molecule has 0 spiro atoms. The highest BCUT2D eigenvalue weighted by atomic mass is 127. The molecular weight excluding hydrogens is 501 g/mol. The van der Waals surface area contributed by atoms with Crippen LogP contribution in [0.2, 0.25) is 0 Å². The molecule has 2 rings (SSSR count). The Morgan fingerprint density at radius 3 is 2.62 bits per heavy atom.